The molecule has 0 aliphatic carbocycles. The third kappa shape index (κ3) is 22.0. The van der Waals surface area contributed by atoms with Crippen molar-refractivity contribution in [3.63, 3.8) is 0 Å². The Morgan fingerprint density at radius 2 is 1.08 bits per heavy atom. The minimum atomic E-state index is -1.48. The van der Waals surface area contributed by atoms with E-state index in [-0.39, 0.29) is 67.4 Å². The highest BCUT2D eigenvalue weighted by Crippen LogP contribution is 2.24. The lowest BCUT2D eigenvalue weighted by atomic mass is 9.97. The number of nitrogens with zero attached hydrogens (tertiary/aromatic N) is 7. The fourth-order valence-corrected chi connectivity index (χ4v) is 11.0. The fraction of sp³-hybridized carbons (Fsp3) is 0.561. The summed E-state index contributed by atoms with van der Waals surface area (Å²) in [6, 6.07) is 9.94. The number of halogens is 3. The largest absolute Gasteiger partial charge is 0.351 e. The standard InChI is InChI=1S/C66H94Cl2FN11O11/c1-16-41(6)59-66(91)76(11)37-57(83)74(9)38-58(84)78(13)53(35-45-25-27-46(67)28-26-45)64(89)75(10)36-55(81)71-50(30-29-47-48(68)23-20-24-49(47)69)61(86)72-51(31-39(2)3)63(88)80(15)54(34-44-21-18-17-19-22-44)65(90)79(14)52(32-40(4)5)62(87)70-42(7)33-56(82)77(12)43(8)60(85)73-59/h17-28,39-43,50-54,59H,16,29-38H2,1-15H3,(H,70,87)(H,71,81)(H,72,86)(H,73,85)/t41-,42-,43-,50-,51-,52-,53-,54-,59-/m0/s1. The number of amides is 11. The molecular formula is C66H94Cl2FN11O11. The van der Waals surface area contributed by atoms with E-state index in [4.69, 9.17) is 23.2 Å². The molecule has 9 atom stereocenters. The second-order valence-corrected chi connectivity index (χ2v) is 25.8. The van der Waals surface area contributed by atoms with Crippen molar-refractivity contribution in [2.24, 2.45) is 17.8 Å². The molecule has 1 heterocycles. The lowest BCUT2D eigenvalue weighted by molar-refractivity contribution is -0.149. The van der Waals surface area contributed by atoms with Crippen molar-refractivity contribution in [2.45, 2.75) is 155 Å². The molecule has 0 spiro atoms. The van der Waals surface area contributed by atoms with Crippen molar-refractivity contribution in [1.29, 1.82) is 0 Å². The van der Waals surface area contributed by atoms with Gasteiger partial charge in [-0.3, -0.25) is 52.7 Å². The summed E-state index contributed by atoms with van der Waals surface area (Å²) in [6.07, 6.45) is -0.163. The van der Waals surface area contributed by atoms with E-state index in [0.717, 1.165) is 19.6 Å². The Kier molecular flexibility index (Phi) is 29.3. The molecule has 0 unspecified atom stereocenters. The second kappa shape index (κ2) is 35.2. The van der Waals surface area contributed by atoms with Gasteiger partial charge in [-0.2, -0.15) is 0 Å². The maximum absolute atomic E-state index is 15.4. The zero-order valence-electron chi connectivity index (χ0n) is 55.3. The Hall–Kier alpha value is -7.66. The third-order valence-corrected chi connectivity index (χ3v) is 17.3. The van der Waals surface area contributed by atoms with Crippen molar-refractivity contribution in [3.05, 3.63) is 105 Å². The molecule has 1 fully saturated rings. The van der Waals surface area contributed by atoms with Crippen LogP contribution < -0.4 is 21.3 Å². The van der Waals surface area contributed by atoms with E-state index in [1.165, 1.54) is 89.2 Å². The number of hydrogen-bond acceptors (Lipinski definition) is 11. The van der Waals surface area contributed by atoms with Gasteiger partial charge < -0.3 is 55.6 Å². The predicted molar refractivity (Wildman–Crippen MR) is 346 cm³/mol. The first-order valence-corrected chi connectivity index (χ1v) is 31.6. The van der Waals surface area contributed by atoms with Crippen molar-refractivity contribution in [3.8, 4) is 0 Å². The molecule has 22 nitrogen and oxygen atoms in total. The molecule has 0 saturated carbocycles. The summed E-state index contributed by atoms with van der Waals surface area (Å²) in [5, 5.41) is 11.6. The van der Waals surface area contributed by atoms with Crippen LogP contribution in [0.1, 0.15) is 104 Å². The van der Waals surface area contributed by atoms with Crippen LogP contribution in [-0.4, -0.2) is 217 Å². The minimum Gasteiger partial charge on any atom is -0.351 e. The molecule has 500 valence electrons. The fourth-order valence-electron chi connectivity index (χ4n) is 10.6. The van der Waals surface area contributed by atoms with Gasteiger partial charge in [0.2, 0.25) is 65.0 Å². The van der Waals surface area contributed by atoms with Gasteiger partial charge in [0.25, 0.3) is 0 Å². The Bertz CT molecular complexity index is 3030. The molecule has 0 aromatic heterocycles. The molecule has 4 rings (SSSR count). The number of carbonyl (C=O) groups is 11. The van der Waals surface area contributed by atoms with Crippen LogP contribution >= 0.6 is 23.2 Å². The van der Waals surface area contributed by atoms with E-state index in [1.54, 1.807) is 68.4 Å². The number of rotatable bonds is 13. The first kappa shape index (κ1) is 75.8. The molecule has 3 aromatic rings. The highest BCUT2D eigenvalue weighted by Gasteiger charge is 2.40. The minimum absolute atomic E-state index is 0.0217. The number of carbonyl (C=O) groups excluding carboxylic acids is 11. The van der Waals surface area contributed by atoms with Gasteiger partial charge in [-0.1, -0.05) is 120 Å². The van der Waals surface area contributed by atoms with Crippen LogP contribution in [0.4, 0.5) is 4.39 Å². The molecule has 1 aliphatic heterocycles. The normalized spacial score (nSPS) is 23.6. The van der Waals surface area contributed by atoms with E-state index >= 15 is 14.0 Å². The van der Waals surface area contributed by atoms with Gasteiger partial charge >= 0.3 is 0 Å². The molecule has 0 bridgehead atoms. The van der Waals surface area contributed by atoms with Crippen LogP contribution in [0.2, 0.25) is 10.0 Å². The van der Waals surface area contributed by atoms with Crippen LogP contribution in [0.3, 0.4) is 0 Å². The SMILES string of the molecule is CC[C@H](C)[C@@H]1NC(=O)[C@H](C)N(C)C(=O)C[C@H](C)NC(=O)[C@H](CC(C)C)N(C)C(=O)[C@H](Cc2ccccc2)N(C)C(=O)[C@H](CC(C)C)NC(=O)[C@H](CCc2c(F)cccc2Cl)NC(=O)CN(C)C(=O)[C@H](Cc2ccc(Cl)cc2)N(C)C(=O)CN(C)C(=O)CN(C)C1=O. The Morgan fingerprint density at radius 3 is 1.66 bits per heavy atom. The van der Waals surface area contributed by atoms with E-state index in [2.05, 4.69) is 21.3 Å². The summed E-state index contributed by atoms with van der Waals surface area (Å²) in [7, 11) is 9.71. The van der Waals surface area contributed by atoms with Crippen LogP contribution in [-0.2, 0) is 72.0 Å². The van der Waals surface area contributed by atoms with Gasteiger partial charge in [-0.25, -0.2) is 4.39 Å². The summed E-state index contributed by atoms with van der Waals surface area (Å²) in [6.45, 7) is 12.3. The first-order valence-electron chi connectivity index (χ1n) is 30.9. The number of benzene rings is 3. The van der Waals surface area contributed by atoms with Gasteiger partial charge in [0.1, 0.15) is 48.1 Å². The number of nitrogens with one attached hydrogen (secondary N) is 4. The van der Waals surface area contributed by atoms with Crippen molar-refractivity contribution < 1.29 is 57.1 Å². The maximum Gasteiger partial charge on any atom is 0.246 e. The molecular weight excluding hydrogens is 1210 g/mol. The van der Waals surface area contributed by atoms with Crippen LogP contribution in [0.25, 0.3) is 0 Å². The Balaban J connectivity index is 1.86. The Labute approximate surface area is 545 Å². The lowest BCUT2D eigenvalue weighted by Gasteiger charge is -2.37. The summed E-state index contributed by atoms with van der Waals surface area (Å²) in [5.74, 6) is -9.01. The van der Waals surface area contributed by atoms with Gasteiger partial charge in [-0.05, 0) is 92.7 Å². The smallest absolute Gasteiger partial charge is 0.246 e. The van der Waals surface area contributed by atoms with Crippen LogP contribution in [0.15, 0.2) is 72.8 Å². The van der Waals surface area contributed by atoms with Crippen LogP contribution in [0.5, 0.6) is 0 Å². The number of hydrogen-bond donors (Lipinski definition) is 4. The predicted octanol–water partition coefficient (Wildman–Crippen LogP) is 4.75. The monoisotopic (exact) mass is 1310 g/mol. The van der Waals surface area contributed by atoms with Crippen molar-refractivity contribution in [2.75, 3.05) is 69.0 Å². The summed E-state index contributed by atoms with van der Waals surface area (Å²) >= 11 is 12.7. The van der Waals surface area contributed by atoms with E-state index in [0.29, 0.717) is 22.6 Å². The van der Waals surface area contributed by atoms with E-state index in [9.17, 15) is 43.2 Å². The molecule has 1 saturated heterocycles. The zero-order valence-corrected chi connectivity index (χ0v) is 56.8. The highest BCUT2D eigenvalue weighted by molar-refractivity contribution is 6.31. The maximum atomic E-state index is 15.4. The quantitative estimate of drug-likeness (QED) is 0.182. The summed E-state index contributed by atoms with van der Waals surface area (Å²) < 4.78 is 15.4. The molecule has 4 N–H and O–H groups in total. The third-order valence-electron chi connectivity index (χ3n) is 16.7. The van der Waals surface area contributed by atoms with Gasteiger partial charge in [0, 0.05) is 90.2 Å². The molecule has 11 amide bonds. The van der Waals surface area contributed by atoms with Crippen molar-refractivity contribution in [1.82, 2.24) is 55.6 Å². The van der Waals surface area contributed by atoms with Crippen molar-refractivity contribution >= 4 is 88.2 Å². The van der Waals surface area contributed by atoms with Gasteiger partial charge in [0.15, 0.2) is 0 Å². The van der Waals surface area contributed by atoms with E-state index in [1.807, 2.05) is 34.6 Å². The first-order chi connectivity index (χ1) is 42.7. The van der Waals surface area contributed by atoms with Gasteiger partial charge in [0.05, 0.1) is 19.6 Å². The topological polar surface area (TPSA) is 259 Å². The Morgan fingerprint density at radius 1 is 0.516 bits per heavy atom. The molecule has 25 heteroatoms. The molecule has 0 radical (unpaired) electrons. The van der Waals surface area contributed by atoms with Crippen LogP contribution in [0, 0.1) is 23.6 Å². The van der Waals surface area contributed by atoms with Gasteiger partial charge in [-0.15, -0.1) is 0 Å². The summed E-state index contributed by atoms with van der Waals surface area (Å²) in [4.78, 5) is 167. The second-order valence-electron chi connectivity index (χ2n) is 25.0. The average molecular weight is 1310 g/mol. The zero-order chi connectivity index (χ0) is 68.3. The highest BCUT2D eigenvalue weighted by atomic mass is 35.5. The molecule has 91 heavy (non-hydrogen) atoms. The molecule has 1 aliphatic rings. The van der Waals surface area contributed by atoms with E-state index < -0.39 is 145 Å². The number of likely N-dealkylation sites (N-methyl/N-ethyl adjacent to an activating group) is 7. The summed E-state index contributed by atoms with van der Waals surface area (Å²) in [5.41, 5.74) is 1.30. The average Bonchev–Trinajstić information content (AvgIpc) is 0.937. The lowest BCUT2D eigenvalue weighted by Crippen LogP contribution is -2.60. The molecule has 3 aromatic carbocycles.